The molecule has 0 radical (unpaired) electrons. The van der Waals surface area contributed by atoms with E-state index >= 15 is 0 Å². The zero-order chi connectivity index (χ0) is 8.27. The number of likely N-dealkylation sites (tertiary alicyclic amines) is 1. The largest absolute Gasteiger partial charge is 0.316 e. The molecule has 11 heavy (non-hydrogen) atoms. The van der Waals surface area contributed by atoms with Gasteiger partial charge in [0.2, 0.25) is 0 Å². The van der Waals surface area contributed by atoms with Gasteiger partial charge in [-0.1, -0.05) is 0 Å². The van der Waals surface area contributed by atoms with E-state index in [1.807, 2.05) is 0 Å². The van der Waals surface area contributed by atoms with Gasteiger partial charge in [0, 0.05) is 6.54 Å². The fourth-order valence-electron chi connectivity index (χ4n) is 1.63. The van der Waals surface area contributed by atoms with E-state index in [1.54, 1.807) is 0 Å². The molecule has 3 nitrogen and oxygen atoms in total. The third-order valence-electron chi connectivity index (χ3n) is 2.24. The van der Waals surface area contributed by atoms with E-state index in [4.69, 9.17) is 11.0 Å². The minimum absolute atomic E-state index is 0.258. The molecule has 0 spiro atoms. The van der Waals surface area contributed by atoms with Crippen LogP contribution in [0.3, 0.4) is 0 Å². The minimum Gasteiger partial charge on any atom is -0.316 e. The molecule has 0 aromatic carbocycles. The van der Waals surface area contributed by atoms with Gasteiger partial charge in [0.1, 0.15) is 0 Å². The Labute approximate surface area is 67.8 Å². The normalized spacial score (nSPS) is 28.3. The van der Waals surface area contributed by atoms with Crippen molar-refractivity contribution < 1.29 is 0 Å². The predicted octanol–water partition coefficient (Wildman–Crippen LogP) is 0.179. The second-order valence-electron chi connectivity index (χ2n) is 3.39. The molecule has 1 heterocycles. The first-order valence-electron chi connectivity index (χ1n) is 4.06. The average molecular weight is 153 g/mol. The van der Waals surface area contributed by atoms with Gasteiger partial charge in [-0.15, -0.1) is 0 Å². The highest BCUT2D eigenvalue weighted by Crippen LogP contribution is 2.18. The molecule has 1 saturated heterocycles. The zero-order valence-corrected chi connectivity index (χ0v) is 6.95. The van der Waals surface area contributed by atoms with Gasteiger partial charge in [-0.25, -0.2) is 0 Å². The molecule has 0 aliphatic carbocycles. The Bertz CT molecular complexity index is 161. The van der Waals surface area contributed by atoms with Crippen LogP contribution >= 0.6 is 0 Å². The summed E-state index contributed by atoms with van der Waals surface area (Å²) in [6.45, 7) is 2.26. The van der Waals surface area contributed by atoms with E-state index in [0.717, 1.165) is 19.5 Å². The van der Waals surface area contributed by atoms with Crippen molar-refractivity contribution >= 4 is 0 Å². The Balaban J connectivity index is 2.24. The Kier molecular flexibility index (Phi) is 2.86. The standard InChI is InChI=1S/C8H15N3/c1-11-3-2-7(6-11)4-8(10)5-9/h7-8H,2-4,6,10H2,1H3. The van der Waals surface area contributed by atoms with Gasteiger partial charge in [-0.05, 0) is 32.4 Å². The van der Waals surface area contributed by atoms with Crippen LogP contribution in [0.5, 0.6) is 0 Å². The van der Waals surface area contributed by atoms with E-state index in [2.05, 4.69) is 18.0 Å². The average Bonchev–Trinajstić information content (AvgIpc) is 2.35. The van der Waals surface area contributed by atoms with Crippen LogP contribution in [0.25, 0.3) is 0 Å². The number of nitrogens with zero attached hydrogens (tertiary/aromatic N) is 2. The van der Waals surface area contributed by atoms with Crippen LogP contribution in [0.4, 0.5) is 0 Å². The molecule has 0 aromatic rings. The highest BCUT2D eigenvalue weighted by atomic mass is 15.1. The molecule has 0 saturated carbocycles. The molecule has 0 bridgehead atoms. The molecule has 2 N–H and O–H groups in total. The van der Waals surface area contributed by atoms with Crippen molar-refractivity contribution in [3.8, 4) is 6.07 Å². The summed E-state index contributed by atoms with van der Waals surface area (Å²) in [7, 11) is 2.11. The van der Waals surface area contributed by atoms with Crippen LogP contribution in [-0.4, -0.2) is 31.1 Å². The lowest BCUT2D eigenvalue weighted by atomic mass is 10.0. The van der Waals surface area contributed by atoms with Crippen molar-refractivity contribution in [2.24, 2.45) is 11.7 Å². The molecule has 0 aromatic heterocycles. The smallest absolute Gasteiger partial charge is 0.0931 e. The molecule has 62 valence electrons. The first kappa shape index (κ1) is 8.51. The number of hydrogen-bond donors (Lipinski definition) is 1. The van der Waals surface area contributed by atoms with Gasteiger partial charge in [-0.2, -0.15) is 5.26 Å². The molecule has 2 unspecified atom stereocenters. The summed E-state index contributed by atoms with van der Waals surface area (Å²) in [5.74, 6) is 0.648. The van der Waals surface area contributed by atoms with Gasteiger partial charge < -0.3 is 10.6 Å². The first-order chi connectivity index (χ1) is 5.22. The second-order valence-corrected chi connectivity index (χ2v) is 3.39. The SMILES string of the molecule is CN1CCC(CC(N)C#N)C1. The highest BCUT2D eigenvalue weighted by Gasteiger charge is 2.21. The van der Waals surface area contributed by atoms with Crippen LogP contribution < -0.4 is 5.73 Å². The zero-order valence-electron chi connectivity index (χ0n) is 6.95. The van der Waals surface area contributed by atoms with E-state index in [0.29, 0.717) is 5.92 Å². The molecule has 1 rings (SSSR count). The summed E-state index contributed by atoms with van der Waals surface area (Å²) < 4.78 is 0. The van der Waals surface area contributed by atoms with Gasteiger partial charge in [0.05, 0.1) is 12.1 Å². The van der Waals surface area contributed by atoms with Crippen molar-refractivity contribution in [1.29, 1.82) is 5.26 Å². The van der Waals surface area contributed by atoms with E-state index in [9.17, 15) is 0 Å². The van der Waals surface area contributed by atoms with Crippen LogP contribution in [0.2, 0.25) is 0 Å². The van der Waals surface area contributed by atoms with Gasteiger partial charge in [-0.3, -0.25) is 0 Å². The predicted molar refractivity (Wildman–Crippen MR) is 43.8 cm³/mol. The second kappa shape index (κ2) is 3.70. The van der Waals surface area contributed by atoms with Crippen LogP contribution in [-0.2, 0) is 0 Å². The van der Waals surface area contributed by atoms with Crippen LogP contribution in [0.1, 0.15) is 12.8 Å². The topological polar surface area (TPSA) is 53.0 Å². The Hall–Kier alpha value is -0.590. The minimum atomic E-state index is -0.258. The molecule has 1 aliphatic rings. The van der Waals surface area contributed by atoms with E-state index < -0.39 is 0 Å². The third kappa shape index (κ3) is 2.49. The number of nitriles is 1. The lowest BCUT2D eigenvalue weighted by Gasteiger charge is -2.10. The van der Waals surface area contributed by atoms with Gasteiger partial charge in [0.25, 0.3) is 0 Å². The van der Waals surface area contributed by atoms with Crippen LogP contribution in [0.15, 0.2) is 0 Å². The van der Waals surface area contributed by atoms with Crippen LogP contribution in [0, 0.1) is 17.2 Å². The van der Waals surface area contributed by atoms with E-state index in [-0.39, 0.29) is 6.04 Å². The monoisotopic (exact) mass is 153 g/mol. The quantitative estimate of drug-likeness (QED) is 0.615. The van der Waals surface area contributed by atoms with Crippen molar-refractivity contribution in [3.05, 3.63) is 0 Å². The number of hydrogen-bond acceptors (Lipinski definition) is 3. The van der Waals surface area contributed by atoms with Crippen molar-refractivity contribution in [2.45, 2.75) is 18.9 Å². The summed E-state index contributed by atoms with van der Waals surface area (Å²) in [4.78, 5) is 2.29. The van der Waals surface area contributed by atoms with Gasteiger partial charge >= 0.3 is 0 Å². The molecule has 1 aliphatic heterocycles. The van der Waals surface area contributed by atoms with Crippen molar-refractivity contribution in [1.82, 2.24) is 4.90 Å². The molecule has 1 fully saturated rings. The fraction of sp³-hybridized carbons (Fsp3) is 0.875. The van der Waals surface area contributed by atoms with Crippen molar-refractivity contribution in [3.63, 3.8) is 0 Å². The van der Waals surface area contributed by atoms with E-state index in [1.165, 1.54) is 6.42 Å². The highest BCUT2D eigenvalue weighted by molar-refractivity contribution is 4.90. The van der Waals surface area contributed by atoms with Gasteiger partial charge in [0.15, 0.2) is 0 Å². The van der Waals surface area contributed by atoms with Crippen molar-refractivity contribution in [2.75, 3.05) is 20.1 Å². The summed E-state index contributed by atoms with van der Waals surface area (Å²) >= 11 is 0. The molecular weight excluding hydrogens is 138 g/mol. The fourth-order valence-corrected chi connectivity index (χ4v) is 1.63. The Morgan fingerprint density at radius 3 is 3.00 bits per heavy atom. The lowest BCUT2D eigenvalue weighted by molar-refractivity contribution is 0.384. The molecule has 0 amide bonds. The maximum absolute atomic E-state index is 8.47. The molecule has 3 heteroatoms. The maximum Gasteiger partial charge on any atom is 0.0931 e. The first-order valence-corrected chi connectivity index (χ1v) is 4.06. The number of rotatable bonds is 2. The summed E-state index contributed by atoms with van der Waals surface area (Å²) in [6.07, 6.45) is 2.06. The third-order valence-corrected chi connectivity index (χ3v) is 2.24. The molecule has 2 atom stereocenters. The summed E-state index contributed by atoms with van der Waals surface area (Å²) in [5.41, 5.74) is 5.52. The Morgan fingerprint density at radius 2 is 2.55 bits per heavy atom. The summed E-state index contributed by atoms with van der Waals surface area (Å²) in [5, 5.41) is 8.47. The summed E-state index contributed by atoms with van der Waals surface area (Å²) in [6, 6.07) is 1.81. The lowest BCUT2D eigenvalue weighted by Crippen LogP contribution is -2.23. The molecular formula is C8H15N3. The Morgan fingerprint density at radius 1 is 1.82 bits per heavy atom. The number of nitrogens with two attached hydrogens (primary N) is 1. The maximum atomic E-state index is 8.47.